The number of carbonyl (C=O) groups excluding carboxylic acids is 1. The highest BCUT2D eigenvalue weighted by molar-refractivity contribution is 6.07. The molecule has 130 valence electrons. The Morgan fingerprint density at radius 3 is 2.72 bits per heavy atom. The molecule has 1 aromatic heterocycles. The summed E-state index contributed by atoms with van der Waals surface area (Å²) in [4.78, 5) is 12.6. The average Bonchev–Trinajstić information content (AvgIpc) is 2.94. The first-order valence-electron chi connectivity index (χ1n) is 8.10. The van der Waals surface area contributed by atoms with Gasteiger partial charge in [-0.1, -0.05) is 24.3 Å². The molecule has 3 rings (SSSR count). The highest BCUT2D eigenvalue weighted by atomic mass is 16.5. The Balaban J connectivity index is 1.81. The molecule has 5 heteroatoms. The summed E-state index contributed by atoms with van der Waals surface area (Å²) in [6.45, 7) is 3.80. The van der Waals surface area contributed by atoms with Gasteiger partial charge >= 0.3 is 0 Å². The van der Waals surface area contributed by atoms with Gasteiger partial charge in [-0.3, -0.25) is 4.79 Å². The zero-order valence-corrected chi connectivity index (χ0v) is 14.5. The van der Waals surface area contributed by atoms with E-state index in [1.807, 2.05) is 31.2 Å². The molecule has 1 amide bonds. The predicted octanol–water partition coefficient (Wildman–Crippen LogP) is 3.52. The van der Waals surface area contributed by atoms with Crippen molar-refractivity contribution >= 4 is 16.9 Å². The molecule has 1 atom stereocenters. The van der Waals surface area contributed by atoms with E-state index in [1.165, 1.54) is 0 Å². The average molecular weight is 339 g/mol. The van der Waals surface area contributed by atoms with Crippen LogP contribution in [0.5, 0.6) is 5.75 Å². The van der Waals surface area contributed by atoms with Crippen LogP contribution >= 0.6 is 0 Å². The number of rotatable bonds is 5. The molecule has 1 unspecified atom stereocenters. The first-order chi connectivity index (χ1) is 12.0. The lowest BCUT2D eigenvalue weighted by Gasteiger charge is -2.14. The van der Waals surface area contributed by atoms with Crippen LogP contribution in [0, 0.1) is 13.8 Å². The minimum atomic E-state index is -0.766. The molecule has 0 aliphatic heterocycles. The van der Waals surface area contributed by atoms with Crippen molar-refractivity contribution in [2.24, 2.45) is 0 Å². The van der Waals surface area contributed by atoms with E-state index in [0.29, 0.717) is 28.0 Å². The number of furan rings is 1. The van der Waals surface area contributed by atoms with E-state index in [-0.39, 0.29) is 12.5 Å². The van der Waals surface area contributed by atoms with Crippen LogP contribution in [0.15, 0.2) is 46.9 Å². The lowest BCUT2D eigenvalue weighted by molar-refractivity contribution is 0.0916. The Kier molecular flexibility index (Phi) is 4.76. The minimum Gasteiger partial charge on any atom is -0.497 e. The molecule has 0 saturated heterocycles. The number of ether oxygens (including phenoxy) is 1. The molecule has 2 N–H and O–H groups in total. The van der Waals surface area contributed by atoms with Gasteiger partial charge < -0.3 is 19.6 Å². The largest absolute Gasteiger partial charge is 0.497 e. The monoisotopic (exact) mass is 339 g/mol. The molecular formula is C20H21NO4. The zero-order chi connectivity index (χ0) is 18.0. The summed E-state index contributed by atoms with van der Waals surface area (Å²) in [7, 11) is 1.58. The third-order valence-corrected chi connectivity index (χ3v) is 4.30. The second kappa shape index (κ2) is 6.99. The van der Waals surface area contributed by atoms with Crippen molar-refractivity contribution in [3.63, 3.8) is 0 Å². The molecule has 0 fully saturated rings. The fourth-order valence-corrected chi connectivity index (χ4v) is 2.96. The SMILES string of the molecule is COc1ccc2oc(C)c(C(=O)NCC(O)c3ccccc3C)c2c1. The summed E-state index contributed by atoms with van der Waals surface area (Å²) in [5.41, 5.74) is 2.88. The number of methoxy groups -OCH3 is 1. The Morgan fingerprint density at radius 2 is 2.00 bits per heavy atom. The van der Waals surface area contributed by atoms with E-state index < -0.39 is 6.10 Å². The number of hydrogen-bond donors (Lipinski definition) is 2. The number of aliphatic hydroxyl groups is 1. The lowest BCUT2D eigenvalue weighted by atomic mass is 10.0. The van der Waals surface area contributed by atoms with Gasteiger partial charge in [-0.2, -0.15) is 0 Å². The number of nitrogens with one attached hydrogen (secondary N) is 1. The van der Waals surface area contributed by atoms with Crippen LogP contribution in [0.4, 0.5) is 0 Å². The maximum absolute atomic E-state index is 12.6. The van der Waals surface area contributed by atoms with Crippen molar-refractivity contribution < 1.29 is 19.1 Å². The molecule has 3 aromatic rings. The number of hydrogen-bond acceptors (Lipinski definition) is 4. The molecule has 0 bridgehead atoms. The van der Waals surface area contributed by atoms with E-state index in [9.17, 15) is 9.90 Å². The van der Waals surface area contributed by atoms with Gasteiger partial charge in [0, 0.05) is 11.9 Å². The predicted molar refractivity (Wildman–Crippen MR) is 96.0 cm³/mol. The maximum atomic E-state index is 12.6. The molecule has 0 radical (unpaired) electrons. The Bertz CT molecular complexity index is 913. The van der Waals surface area contributed by atoms with Crippen LogP contribution in [0.2, 0.25) is 0 Å². The highest BCUT2D eigenvalue weighted by Crippen LogP contribution is 2.29. The number of fused-ring (bicyclic) bond motifs is 1. The van der Waals surface area contributed by atoms with Gasteiger partial charge in [0.1, 0.15) is 17.1 Å². The summed E-state index contributed by atoms with van der Waals surface area (Å²) in [5, 5.41) is 13.8. The molecule has 0 aliphatic rings. The Hall–Kier alpha value is -2.79. The Morgan fingerprint density at radius 1 is 1.24 bits per heavy atom. The van der Waals surface area contributed by atoms with Gasteiger partial charge in [0.2, 0.25) is 0 Å². The molecule has 0 aliphatic carbocycles. The van der Waals surface area contributed by atoms with Gasteiger partial charge in [-0.05, 0) is 43.2 Å². The van der Waals surface area contributed by atoms with Crippen molar-refractivity contribution in [2.75, 3.05) is 13.7 Å². The van der Waals surface area contributed by atoms with Crippen molar-refractivity contribution in [1.82, 2.24) is 5.32 Å². The van der Waals surface area contributed by atoms with Crippen molar-refractivity contribution in [3.05, 3.63) is 64.9 Å². The quantitative estimate of drug-likeness (QED) is 0.746. The zero-order valence-electron chi connectivity index (χ0n) is 14.5. The van der Waals surface area contributed by atoms with E-state index in [2.05, 4.69) is 5.32 Å². The van der Waals surface area contributed by atoms with Crippen LogP contribution in [0.3, 0.4) is 0 Å². The fourth-order valence-electron chi connectivity index (χ4n) is 2.96. The summed E-state index contributed by atoms with van der Waals surface area (Å²) in [6.07, 6.45) is -0.766. The first-order valence-corrected chi connectivity index (χ1v) is 8.10. The van der Waals surface area contributed by atoms with E-state index in [1.54, 1.807) is 32.2 Å². The second-order valence-electron chi connectivity index (χ2n) is 5.98. The van der Waals surface area contributed by atoms with Crippen LogP contribution < -0.4 is 10.1 Å². The second-order valence-corrected chi connectivity index (χ2v) is 5.98. The van der Waals surface area contributed by atoms with Crippen molar-refractivity contribution in [1.29, 1.82) is 0 Å². The smallest absolute Gasteiger partial charge is 0.255 e. The van der Waals surface area contributed by atoms with Crippen molar-refractivity contribution in [2.45, 2.75) is 20.0 Å². The molecular weight excluding hydrogens is 318 g/mol. The number of benzene rings is 2. The summed E-state index contributed by atoms with van der Waals surface area (Å²) in [6, 6.07) is 12.9. The molecule has 0 saturated carbocycles. The number of aryl methyl sites for hydroxylation is 2. The fraction of sp³-hybridized carbons (Fsp3) is 0.250. The molecule has 25 heavy (non-hydrogen) atoms. The lowest BCUT2D eigenvalue weighted by Crippen LogP contribution is -2.28. The molecule has 5 nitrogen and oxygen atoms in total. The van der Waals surface area contributed by atoms with Crippen LogP contribution in [-0.2, 0) is 0 Å². The maximum Gasteiger partial charge on any atom is 0.255 e. The van der Waals surface area contributed by atoms with Crippen molar-refractivity contribution in [3.8, 4) is 5.75 Å². The summed E-state index contributed by atoms with van der Waals surface area (Å²) in [5.74, 6) is 0.908. The topological polar surface area (TPSA) is 71.7 Å². The van der Waals surface area contributed by atoms with Crippen LogP contribution in [0.1, 0.15) is 33.3 Å². The minimum absolute atomic E-state index is 0.125. The van der Waals surface area contributed by atoms with Crippen LogP contribution in [0.25, 0.3) is 11.0 Å². The van der Waals surface area contributed by atoms with Crippen LogP contribution in [-0.4, -0.2) is 24.7 Å². The summed E-state index contributed by atoms with van der Waals surface area (Å²) >= 11 is 0. The molecule has 0 spiro atoms. The van der Waals surface area contributed by atoms with Gasteiger partial charge in [-0.15, -0.1) is 0 Å². The normalized spacial score (nSPS) is 12.2. The third kappa shape index (κ3) is 3.37. The van der Waals surface area contributed by atoms with Gasteiger partial charge in [0.25, 0.3) is 5.91 Å². The Labute approximate surface area is 146 Å². The third-order valence-electron chi connectivity index (χ3n) is 4.30. The number of carbonyl (C=O) groups is 1. The number of amides is 1. The standard InChI is InChI=1S/C20H21NO4/c1-12-6-4-5-7-15(12)17(22)11-21-20(23)19-13(2)25-18-9-8-14(24-3)10-16(18)19/h4-10,17,22H,11H2,1-3H3,(H,21,23). The van der Waals surface area contributed by atoms with E-state index in [0.717, 1.165) is 11.1 Å². The number of aliphatic hydroxyl groups excluding tert-OH is 1. The molecule has 2 aromatic carbocycles. The van der Waals surface area contributed by atoms with Gasteiger partial charge in [0.05, 0.1) is 18.8 Å². The van der Waals surface area contributed by atoms with Gasteiger partial charge in [0.15, 0.2) is 0 Å². The van der Waals surface area contributed by atoms with E-state index >= 15 is 0 Å². The first kappa shape index (κ1) is 17.0. The van der Waals surface area contributed by atoms with Gasteiger partial charge in [-0.25, -0.2) is 0 Å². The highest BCUT2D eigenvalue weighted by Gasteiger charge is 2.20. The van der Waals surface area contributed by atoms with E-state index in [4.69, 9.17) is 9.15 Å². The summed E-state index contributed by atoms with van der Waals surface area (Å²) < 4.78 is 10.9. The molecule has 1 heterocycles.